The maximum absolute atomic E-state index is 14.3. The molecule has 1 aliphatic heterocycles. The van der Waals surface area contributed by atoms with Crippen molar-refractivity contribution in [3.63, 3.8) is 0 Å². The predicted octanol–water partition coefficient (Wildman–Crippen LogP) is 2.90. The first-order chi connectivity index (χ1) is 10.7. The number of nitrogens with one attached hydrogen (secondary N) is 2. The lowest BCUT2D eigenvalue weighted by Gasteiger charge is -2.32. The molecule has 0 unspecified atom stereocenters. The summed E-state index contributed by atoms with van der Waals surface area (Å²) in [6.45, 7) is 1.55. The van der Waals surface area contributed by atoms with Crippen LogP contribution in [0.4, 0.5) is 4.39 Å². The molecule has 2 N–H and O–H groups in total. The van der Waals surface area contributed by atoms with E-state index in [2.05, 4.69) is 10.6 Å². The third kappa shape index (κ3) is 3.32. The van der Waals surface area contributed by atoms with Crippen LogP contribution in [0.3, 0.4) is 0 Å². The Morgan fingerprint density at radius 1 is 1.23 bits per heavy atom. The van der Waals surface area contributed by atoms with Gasteiger partial charge < -0.3 is 10.6 Å². The number of hydrogen-bond acceptors (Lipinski definition) is 2. The summed E-state index contributed by atoms with van der Waals surface area (Å²) in [6.07, 6.45) is 6.85. The van der Waals surface area contributed by atoms with Gasteiger partial charge in [-0.2, -0.15) is 0 Å². The van der Waals surface area contributed by atoms with Gasteiger partial charge in [-0.15, -0.1) is 0 Å². The molecule has 1 heterocycles. The van der Waals surface area contributed by atoms with Gasteiger partial charge >= 0.3 is 0 Å². The normalized spacial score (nSPS) is 24.8. The maximum Gasteiger partial charge on any atom is 0.220 e. The molecule has 0 aromatic heterocycles. The number of benzene rings is 1. The van der Waals surface area contributed by atoms with Crippen LogP contribution in [0.2, 0.25) is 0 Å². The van der Waals surface area contributed by atoms with Crippen molar-refractivity contribution in [1.82, 2.24) is 10.6 Å². The molecule has 4 heteroatoms. The molecule has 3 rings (SSSR count). The van der Waals surface area contributed by atoms with Crippen molar-refractivity contribution >= 4 is 5.91 Å². The van der Waals surface area contributed by atoms with Crippen molar-refractivity contribution in [3.05, 3.63) is 35.6 Å². The van der Waals surface area contributed by atoms with Gasteiger partial charge in [0, 0.05) is 31.0 Å². The summed E-state index contributed by atoms with van der Waals surface area (Å²) in [5.41, 5.74) is 0.789. The molecule has 120 valence electrons. The molecule has 1 aromatic carbocycles. The van der Waals surface area contributed by atoms with E-state index in [1.807, 2.05) is 12.1 Å². The van der Waals surface area contributed by atoms with E-state index in [0.29, 0.717) is 12.5 Å². The van der Waals surface area contributed by atoms with Crippen LogP contribution in [0.5, 0.6) is 0 Å². The van der Waals surface area contributed by atoms with Crippen LogP contribution in [-0.4, -0.2) is 25.0 Å². The zero-order valence-corrected chi connectivity index (χ0v) is 13.0. The standard InChI is InChI=1S/C18H25FN2O/c19-16-6-2-1-5-15(16)18(10-3-4-11-18)13-21-14-7-8-17(22)20-12-9-14/h1-2,5-6,14,21H,3-4,7-13H2,(H,20,22)/t14-/m1/s1. The second kappa shape index (κ2) is 6.78. The van der Waals surface area contributed by atoms with E-state index in [9.17, 15) is 9.18 Å². The van der Waals surface area contributed by atoms with Crippen molar-refractivity contribution in [2.45, 2.75) is 56.4 Å². The Morgan fingerprint density at radius 3 is 2.77 bits per heavy atom. The fourth-order valence-corrected chi connectivity index (χ4v) is 3.95. The lowest BCUT2D eigenvalue weighted by molar-refractivity contribution is -0.120. The SMILES string of the molecule is O=C1CC[C@@H](NCC2(c3ccccc3F)CCCC2)CCN1. The first-order valence-corrected chi connectivity index (χ1v) is 8.45. The zero-order valence-electron chi connectivity index (χ0n) is 13.0. The van der Waals surface area contributed by atoms with Crippen molar-refractivity contribution in [1.29, 1.82) is 0 Å². The summed E-state index contributed by atoms with van der Waals surface area (Å²) in [6, 6.07) is 7.57. The first-order valence-electron chi connectivity index (χ1n) is 8.45. The highest BCUT2D eigenvalue weighted by Gasteiger charge is 2.37. The van der Waals surface area contributed by atoms with Crippen LogP contribution in [0.15, 0.2) is 24.3 Å². The van der Waals surface area contributed by atoms with E-state index in [1.54, 1.807) is 12.1 Å². The Balaban J connectivity index is 1.70. The summed E-state index contributed by atoms with van der Waals surface area (Å²) in [4.78, 5) is 11.4. The van der Waals surface area contributed by atoms with Gasteiger partial charge in [0.05, 0.1) is 0 Å². The molecule has 1 saturated heterocycles. The minimum atomic E-state index is -0.0797. The summed E-state index contributed by atoms with van der Waals surface area (Å²) in [7, 11) is 0. The average Bonchev–Trinajstić information content (AvgIpc) is 2.90. The number of halogens is 1. The molecule has 3 nitrogen and oxygen atoms in total. The van der Waals surface area contributed by atoms with E-state index in [1.165, 1.54) is 12.8 Å². The zero-order chi connectivity index (χ0) is 15.4. The predicted molar refractivity (Wildman–Crippen MR) is 85.2 cm³/mol. The summed E-state index contributed by atoms with van der Waals surface area (Å²) < 4.78 is 14.3. The smallest absolute Gasteiger partial charge is 0.220 e. The highest BCUT2D eigenvalue weighted by atomic mass is 19.1. The minimum Gasteiger partial charge on any atom is -0.356 e. The molecule has 1 amide bonds. The molecular weight excluding hydrogens is 279 g/mol. The van der Waals surface area contributed by atoms with Gasteiger partial charge in [-0.05, 0) is 37.3 Å². The van der Waals surface area contributed by atoms with Gasteiger partial charge in [0.25, 0.3) is 0 Å². The number of carbonyl (C=O) groups is 1. The number of carbonyl (C=O) groups excluding carboxylic acids is 1. The number of hydrogen-bond donors (Lipinski definition) is 2. The summed E-state index contributed by atoms with van der Waals surface area (Å²) in [5, 5.41) is 6.55. The quantitative estimate of drug-likeness (QED) is 0.898. The molecule has 2 fully saturated rings. The van der Waals surface area contributed by atoms with E-state index in [-0.39, 0.29) is 17.1 Å². The molecule has 1 aromatic rings. The van der Waals surface area contributed by atoms with Crippen molar-refractivity contribution < 1.29 is 9.18 Å². The molecule has 2 aliphatic rings. The second-order valence-electron chi connectivity index (χ2n) is 6.72. The molecule has 0 spiro atoms. The van der Waals surface area contributed by atoms with E-state index in [0.717, 1.165) is 44.3 Å². The van der Waals surface area contributed by atoms with Crippen molar-refractivity contribution in [2.24, 2.45) is 0 Å². The molecule has 1 aliphatic carbocycles. The van der Waals surface area contributed by atoms with E-state index < -0.39 is 0 Å². The van der Waals surface area contributed by atoms with Crippen molar-refractivity contribution in [2.75, 3.05) is 13.1 Å². The van der Waals surface area contributed by atoms with Gasteiger partial charge in [0.15, 0.2) is 0 Å². The molecule has 0 bridgehead atoms. The Kier molecular flexibility index (Phi) is 4.77. The lowest BCUT2D eigenvalue weighted by atomic mass is 9.78. The van der Waals surface area contributed by atoms with Crippen LogP contribution in [-0.2, 0) is 10.2 Å². The summed E-state index contributed by atoms with van der Waals surface area (Å²) >= 11 is 0. The van der Waals surface area contributed by atoms with Crippen LogP contribution < -0.4 is 10.6 Å². The van der Waals surface area contributed by atoms with E-state index in [4.69, 9.17) is 0 Å². The van der Waals surface area contributed by atoms with E-state index >= 15 is 0 Å². The van der Waals surface area contributed by atoms with Crippen LogP contribution in [0, 0.1) is 5.82 Å². The van der Waals surface area contributed by atoms with Crippen molar-refractivity contribution in [3.8, 4) is 0 Å². The summed E-state index contributed by atoms with van der Waals surface area (Å²) in [5.74, 6) is 0.0675. The van der Waals surface area contributed by atoms with Gasteiger partial charge in [-0.1, -0.05) is 31.0 Å². The third-order valence-corrected chi connectivity index (χ3v) is 5.27. The van der Waals surface area contributed by atoms with Gasteiger partial charge in [0.2, 0.25) is 5.91 Å². The fraction of sp³-hybridized carbons (Fsp3) is 0.611. The monoisotopic (exact) mass is 304 g/mol. The molecular formula is C18H25FN2O. The molecule has 22 heavy (non-hydrogen) atoms. The fourth-order valence-electron chi connectivity index (χ4n) is 3.95. The lowest BCUT2D eigenvalue weighted by Crippen LogP contribution is -2.42. The Bertz CT molecular complexity index is 526. The largest absolute Gasteiger partial charge is 0.356 e. The Morgan fingerprint density at radius 2 is 2.00 bits per heavy atom. The topological polar surface area (TPSA) is 41.1 Å². The van der Waals surface area contributed by atoms with Crippen LogP contribution in [0.1, 0.15) is 50.5 Å². The van der Waals surface area contributed by atoms with Crippen LogP contribution in [0.25, 0.3) is 0 Å². The average molecular weight is 304 g/mol. The highest BCUT2D eigenvalue weighted by Crippen LogP contribution is 2.41. The highest BCUT2D eigenvalue weighted by molar-refractivity contribution is 5.76. The Labute approximate surface area is 131 Å². The second-order valence-corrected chi connectivity index (χ2v) is 6.72. The van der Waals surface area contributed by atoms with Gasteiger partial charge in [-0.25, -0.2) is 4.39 Å². The number of rotatable bonds is 4. The molecule has 1 atom stereocenters. The van der Waals surface area contributed by atoms with Gasteiger partial charge in [-0.3, -0.25) is 4.79 Å². The van der Waals surface area contributed by atoms with Gasteiger partial charge in [0.1, 0.15) is 5.82 Å². The third-order valence-electron chi connectivity index (χ3n) is 5.27. The maximum atomic E-state index is 14.3. The minimum absolute atomic E-state index is 0.0743. The van der Waals surface area contributed by atoms with Crippen LogP contribution >= 0.6 is 0 Å². The number of amides is 1. The Hall–Kier alpha value is -1.42. The first kappa shape index (κ1) is 15.5. The molecule has 0 radical (unpaired) electrons. The molecule has 1 saturated carbocycles.